The van der Waals surface area contributed by atoms with Gasteiger partial charge < -0.3 is 0 Å². The number of hydrogen-bond acceptors (Lipinski definition) is 0. The van der Waals surface area contributed by atoms with Crippen molar-refractivity contribution in [1.82, 2.24) is 0 Å². The van der Waals surface area contributed by atoms with Gasteiger partial charge in [-0.3, -0.25) is 0 Å². The van der Waals surface area contributed by atoms with Crippen molar-refractivity contribution in [2.45, 2.75) is 37.5 Å². The van der Waals surface area contributed by atoms with Gasteiger partial charge in [-0.2, -0.15) is 0 Å². The van der Waals surface area contributed by atoms with Crippen LogP contribution in [-0.4, -0.2) is 0 Å². The van der Waals surface area contributed by atoms with Crippen molar-refractivity contribution >= 4 is 0 Å². The Morgan fingerprint density at radius 3 is 1.80 bits per heavy atom. The highest BCUT2D eigenvalue weighted by atomic mass is 14.4. The highest BCUT2D eigenvalue weighted by Crippen LogP contribution is 2.41. The molecule has 0 unspecified atom stereocenters. The quantitative estimate of drug-likeness (QED) is 0.671. The summed E-state index contributed by atoms with van der Waals surface area (Å²) >= 11 is 0. The van der Waals surface area contributed by atoms with E-state index in [0.29, 0.717) is 0 Å². The molecule has 0 atom stereocenters. The zero-order valence-corrected chi connectivity index (χ0v) is 11.8. The molecule has 0 heteroatoms. The van der Waals surface area contributed by atoms with Gasteiger partial charge in [0, 0.05) is 18.3 Å². The van der Waals surface area contributed by atoms with Crippen LogP contribution in [0.2, 0.25) is 0 Å². The van der Waals surface area contributed by atoms with E-state index in [1.807, 2.05) is 0 Å². The Bertz CT molecular complexity index is 559. The minimum absolute atomic E-state index is 0.137. The largest absolute Gasteiger partial charge is 0.103 e. The van der Waals surface area contributed by atoms with Crippen LogP contribution < -0.4 is 0 Å². The molecule has 0 aromatic heterocycles. The summed E-state index contributed by atoms with van der Waals surface area (Å²) in [5.41, 5.74) is 3.02. The predicted molar refractivity (Wildman–Crippen MR) is 84.5 cm³/mol. The predicted octanol–water partition coefficient (Wildman–Crippen LogP) is 4.94. The van der Waals surface area contributed by atoms with Crippen LogP contribution in [0.3, 0.4) is 0 Å². The molecule has 0 saturated carbocycles. The summed E-state index contributed by atoms with van der Waals surface area (Å²) in [6, 6.07) is 22.0. The summed E-state index contributed by atoms with van der Waals surface area (Å²) in [5, 5.41) is 0. The van der Waals surface area contributed by atoms with Gasteiger partial charge in [0.1, 0.15) is 0 Å². The van der Waals surface area contributed by atoms with E-state index in [2.05, 4.69) is 72.5 Å². The van der Waals surface area contributed by atoms with Gasteiger partial charge in [0.2, 0.25) is 0 Å². The van der Waals surface area contributed by atoms with Crippen LogP contribution in [0.15, 0.2) is 60.7 Å². The van der Waals surface area contributed by atoms with Crippen molar-refractivity contribution in [3.63, 3.8) is 0 Å². The first kappa shape index (κ1) is 13.0. The van der Waals surface area contributed by atoms with Gasteiger partial charge in [0.05, 0.1) is 0 Å². The molecule has 1 aliphatic carbocycles. The molecule has 0 N–H and O–H groups in total. The van der Waals surface area contributed by atoms with E-state index in [1.165, 1.54) is 24.0 Å². The van der Waals surface area contributed by atoms with Gasteiger partial charge >= 0.3 is 0 Å². The maximum Gasteiger partial charge on any atom is 0.0212 e. The van der Waals surface area contributed by atoms with Crippen LogP contribution in [-0.2, 0) is 5.41 Å². The summed E-state index contributed by atoms with van der Waals surface area (Å²) in [6.45, 7) is 0. The molecule has 1 aliphatic rings. The fourth-order valence-corrected chi connectivity index (χ4v) is 3.31. The fourth-order valence-electron chi connectivity index (χ4n) is 3.31. The SMILES string of the molecule is C1#CCCC(c2ccccc2)(c2ccccc2)CCC1. The second-order valence-corrected chi connectivity index (χ2v) is 5.52. The second kappa shape index (κ2) is 5.97. The maximum absolute atomic E-state index is 3.33. The average Bonchev–Trinajstić information content (AvgIpc) is 2.49. The van der Waals surface area contributed by atoms with E-state index in [1.54, 1.807) is 0 Å². The van der Waals surface area contributed by atoms with Gasteiger partial charge in [-0.1, -0.05) is 60.7 Å². The van der Waals surface area contributed by atoms with Crippen molar-refractivity contribution in [3.8, 4) is 11.8 Å². The lowest BCUT2D eigenvalue weighted by Crippen LogP contribution is -2.28. The van der Waals surface area contributed by atoms with Gasteiger partial charge in [-0.05, 0) is 30.4 Å². The van der Waals surface area contributed by atoms with E-state index >= 15 is 0 Å². The molecule has 100 valence electrons. The van der Waals surface area contributed by atoms with Crippen LogP contribution >= 0.6 is 0 Å². The highest BCUT2D eigenvalue weighted by molar-refractivity contribution is 5.39. The molecule has 2 aromatic carbocycles. The monoisotopic (exact) mass is 260 g/mol. The van der Waals surface area contributed by atoms with Crippen LogP contribution in [0, 0.1) is 11.8 Å². The molecular formula is C20H20. The Hall–Kier alpha value is -2.00. The molecule has 0 nitrogen and oxygen atoms in total. The first-order valence-electron chi connectivity index (χ1n) is 7.49. The molecule has 0 bridgehead atoms. The molecule has 0 spiro atoms. The van der Waals surface area contributed by atoms with E-state index < -0.39 is 0 Å². The molecule has 0 heterocycles. The van der Waals surface area contributed by atoms with E-state index in [9.17, 15) is 0 Å². The number of benzene rings is 2. The molecule has 0 saturated heterocycles. The molecule has 3 rings (SSSR count). The maximum atomic E-state index is 3.33. The van der Waals surface area contributed by atoms with Crippen LogP contribution in [0.1, 0.15) is 43.2 Å². The molecular weight excluding hydrogens is 240 g/mol. The van der Waals surface area contributed by atoms with Gasteiger partial charge in [0.25, 0.3) is 0 Å². The molecule has 0 fully saturated rings. The summed E-state index contributed by atoms with van der Waals surface area (Å²) in [4.78, 5) is 0. The molecule has 0 aliphatic heterocycles. The minimum Gasteiger partial charge on any atom is -0.103 e. The van der Waals surface area contributed by atoms with Crippen molar-refractivity contribution < 1.29 is 0 Å². The van der Waals surface area contributed by atoms with Gasteiger partial charge in [0.15, 0.2) is 0 Å². The lowest BCUT2D eigenvalue weighted by molar-refractivity contribution is 0.427. The second-order valence-electron chi connectivity index (χ2n) is 5.52. The third-order valence-corrected chi connectivity index (χ3v) is 4.36. The number of rotatable bonds is 2. The Kier molecular flexibility index (Phi) is 3.88. The Balaban J connectivity index is 2.10. The average molecular weight is 260 g/mol. The zero-order valence-electron chi connectivity index (χ0n) is 11.8. The molecule has 2 aromatic rings. The van der Waals surface area contributed by atoms with Crippen LogP contribution in [0.25, 0.3) is 0 Å². The first-order chi connectivity index (χ1) is 9.92. The topological polar surface area (TPSA) is 0 Å². The summed E-state index contributed by atoms with van der Waals surface area (Å²) in [6.07, 6.45) is 5.51. The van der Waals surface area contributed by atoms with Crippen LogP contribution in [0.5, 0.6) is 0 Å². The summed E-state index contributed by atoms with van der Waals surface area (Å²) < 4.78 is 0. The van der Waals surface area contributed by atoms with E-state index in [4.69, 9.17) is 0 Å². The standard InChI is InChI=1S/C20H20/c1-2-10-16-20(17-11-3-1,18-12-6-4-7-13-18)19-14-8-5-9-15-19/h4-9,12-15H,2,10-11,16-17H2. The van der Waals surface area contributed by atoms with Crippen molar-refractivity contribution in [2.75, 3.05) is 0 Å². The minimum atomic E-state index is 0.137. The number of hydrogen-bond donors (Lipinski definition) is 0. The third kappa shape index (κ3) is 2.49. The van der Waals surface area contributed by atoms with Crippen LogP contribution in [0.4, 0.5) is 0 Å². The molecule has 0 amide bonds. The molecule has 20 heavy (non-hydrogen) atoms. The fraction of sp³-hybridized carbons (Fsp3) is 0.300. The van der Waals surface area contributed by atoms with Crippen molar-refractivity contribution in [1.29, 1.82) is 0 Å². The van der Waals surface area contributed by atoms with E-state index in [-0.39, 0.29) is 5.41 Å². The molecule has 0 radical (unpaired) electrons. The smallest absolute Gasteiger partial charge is 0.0212 e. The normalized spacial score (nSPS) is 17.4. The van der Waals surface area contributed by atoms with Gasteiger partial charge in [-0.25, -0.2) is 0 Å². The van der Waals surface area contributed by atoms with Crippen molar-refractivity contribution in [2.24, 2.45) is 0 Å². The van der Waals surface area contributed by atoms with E-state index in [0.717, 1.165) is 19.3 Å². The zero-order chi connectivity index (χ0) is 13.7. The third-order valence-electron chi connectivity index (χ3n) is 4.36. The Labute approximate surface area is 121 Å². The summed E-state index contributed by atoms with van der Waals surface area (Å²) in [7, 11) is 0. The first-order valence-corrected chi connectivity index (χ1v) is 7.49. The Morgan fingerprint density at radius 1 is 0.650 bits per heavy atom. The van der Waals surface area contributed by atoms with Gasteiger partial charge in [-0.15, -0.1) is 11.8 Å². The summed E-state index contributed by atoms with van der Waals surface area (Å²) in [5.74, 6) is 6.61. The lowest BCUT2D eigenvalue weighted by Gasteiger charge is -2.35. The highest BCUT2D eigenvalue weighted by Gasteiger charge is 2.33. The lowest BCUT2D eigenvalue weighted by atomic mass is 9.68. The Morgan fingerprint density at radius 2 is 1.20 bits per heavy atom. The van der Waals surface area contributed by atoms with Crippen molar-refractivity contribution in [3.05, 3.63) is 71.8 Å².